The Hall–Kier alpha value is -0.900. The Morgan fingerprint density at radius 2 is 2.13 bits per heavy atom. The minimum atomic E-state index is 0.0218. The molecule has 2 heterocycles. The lowest BCUT2D eigenvalue weighted by Crippen LogP contribution is -2.24. The molecule has 1 aromatic heterocycles. The number of aromatic nitrogens is 3. The lowest BCUT2D eigenvalue weighted by atomic mass is 10.1. The van der Waals surface area contributed by atoms with Gasteiger partial charge in [0.2, 0.25) is 0 Å². The molecule has 0 N–H and O–H groups in total. The molecule has 4 heteroatoms. The van der Waals surface area contributed by atoms with Gasteiger partial charge in [-0.1, -0.05) is 0 Å². The van der Waals surface area contributed by atoms with Gasteiger partial charge in [0, 0.05) is 5.54 Å². The van der Waals surface area contributed by atoms with E-state index >= 15 is 0 Å². The third kappa shape index (κ3) is 2.04. The summed E-state index contributed by atoms with van der Waals surface area (Å²) in [5, 5.41) is 8.18. The second-order valence-corrected chi connectivity index (χ2v) is 5.24. The van der Waals surface area contributed by atoms with E-state index in [9.17, 15) is 0 Å². The van der Waals surface area contributed by atoms with E-state index < -0.39 is 0 Å². The minimum absolute atomic E-state index is 0.0218. The smallest absolute Gasteiger partial charge is 0.162 e. The molecule has 1 saturated heterocycles. The van der Waals surface area contributed by atoms with Gasteiger partial charge in [0.05, 0.1) is 6.10 Å². The molecule has 0 amide bonds. The van der Waals surface area contributed by atoms with Crippen molar-refractivity contribution in [3.05, 3.63) is 12.2 Å². The first-order chi connectivity index (χ1) is 6.98. The van der Waals surface area contributed by atoms with Gasteiger partial charge in [-0.3, -0.25) is 0 Å². The molecule has 0 bridgehead atoms. The molecule has 1 aliphatic rings. The average molecular weight is 209 g/mol. The third-order valence-electron chi connectivity index (χ3n) is 2.82. The lowest BCUT2D eigenvalue weighted by Gasteiger charge is -2.24. The standard InChI is InChI=1S/C11H19N3O/c1-8-5-6-9(15-8)10-13-12-7-14(10)11(2,3)4/h7-9H,5-6H2,1-4H3. The van der Waals surface area contributed by atoms with Gasteiger partial charge in [-0.05, 0) is 40.5 Å². The largest absolute Gasteiger partial charge is 0.367 e. The van der Waals surface area contributed by atoms with Crippen LogP contribution in [0.2, 0.25) is 0 Å². The molecule has 0 saturated carbocycles. The van der Waals surface area contributed by atoms with Crippen molar-refractivity contribution in [3.8, 4) is 0 Å². The van der Waals surface area contributed by atoms with Crippen molar-refractivity contribution in [2.24, 2.45) is 0 Å². The molecule has 2 unspecified atom stereocenters. The van der Waals surface area contributed by atoms with Crippen LogP contribution in [0.5, 0.6) is 0 Å². The molecule has 15 heavy (non-hydrogen) atoms. The Labute approximate surface area is 90.7 Å². The monoisotopic (exact) mass is 209 g/mol. The molecule has 1 fully saturated rings. The highest BCUT2D eigenvalue weighted by Gasteiger charge is 2.30. The predicted octanol–water partition coefficient (Wildman–Crippen LogP) is 2.27. The molecular formula is C11H19N3O. The van der Waals surface area contributed by atoms with E-state index in [-0.39, 0.29) is 11.6 Å². The van der Waals surface area contributed by atoms with Crippen molar-refractivity contribution < 1.29 is 4.74 Å². The van der Waals surface area contributed by atoms with E-state index in [1.165, 1.54) is 0 Å². The second kappa shape index (κ2) is 3.59. The highest BCUT2D eigenvalue weighted by atomic mass is 16.5. The summed E-state index contributed by atoms with van der Waals surface area (Å²) in [6, 6.07) is 0. The van der Waals surface area contributed by atoms with E-state index in [4.69, 9.17) is 4.74 Å². The maximum Gasteiger partial charge on any atom is 0.162 e. The Kier molecular flexibility index (Phi) is 2.54. The fourth-order valence-corrected chi connectivity index (χ4v) is 1.97. The predicted molar refractivity (Wildman–Crippen MR) is 57.5 cm³/mol. The molecule has 4 nitrogen and oxygen atoms in total. The van der Waals surface area contributed by atoms with Crippen molar-refractivity contribution in [1.29, 1.82) is 0 Å². The number of nitrogens with zero attached hydrogens (tertiary/aromatic N) is 3. The molecular weight excluding hydrogens is 190 g/mol. The number of hydrogen-bond acceptors (Lipinski definition) is 3. The number of hydrogen-bond donors (Lipinski definition) is 0. The summed E-state index contributed by atoms with van der Waals surface area (Å²) < 4.78 is 7.92. The molecule has 84 valence electrons. The van der Waals surface area contributed by atoms with Gasteiger partial charge in [-0.2, -0.15) is 0 Å². The molecule has 0 spiro atoms. The molecule has 0 aliphatic carbocycles. The van der Waals surface area contributed by atoms with Crippen molar-refractivity contribution >= 4 is 0 Å². The maximum absolute atomic E-state index is 5.82. The van der Waals surface area contributed by atoms with Gasteiger partial charge in [-0.25, -0.2) is 0 Å². The lowest BCUT2D eigenvalue weighted by molar-refractivity contribution is 0.0456. The first-order valence-electron chi connectivity index (χ1n) is 5.54. The van der Waals surface area contributed by atoms with E-state index in [0.717, 1.165) is 18.7 Å². The van der Waals surface area contributed by atoms with Crippen LogP contribution < -0.4 is 0 Å². The van der Waals surface area contributed by atoms with Gasteiger partial charge in [0.1, 0.15) is 12.4 Å². The number of ether oxygens (including phenoxy) is 1. The zero-order chi connectivity index (χ0) is 11.1. The Morgan fingerprint density at radius 1 is 1.40 bits per heavy atom. The van der Waals surface area contributed by atoms with Crippen LogP contribution in [0, 0.1) is 0 Å². The first kappa shape index (κ1) is 10.6. The van der Waals surface area contributed by atoms with Gasteiger partial charge >= 0.3 is 0 Å². The molecule has 1 aromatic rings. The number of rotatable bonds is 1. The molecule has 0 aromatic carbocycles. The van der Waals surface area contributed by atoms with Crippen LogP contribution in [0.15, 0.2) is 6.33 Å². The van der Waals surface area contributed by atoms with Crippen LogP contribution in [-0.4, -0.2) is 20.9 Å². The first-order valence-corrected chi connectivity index (χ1v) is 5.54. The van der Waals surface area contributed by atoms with Crippen LogP contribution in [-0.2, 0) is 10.3 Å². The zero-order valence-corrected chi connectivity index (χ0v) is 9.90. The topological polar surface area (TPSA) is 39.9 Å². The van der Waals surface area contributed by atoms with Gasteiger partial charge in [-0.15, -0.1) is 10.2 Å². The van der Waals surface area contributed by atoms with Crippen molar-refractivity contribution in [2.45, 2.75) is 58.3 Å². The zero-order valence-electron chi connectivity index (χ0n) is 9.90. The van der Waals surface area contributed by atoms with Gasteiger partial charge in [0.25, 0.3) is 0 Å². The Bertz CT molecular complexity index is 340. The van der Waals surface area contributed by atoms with Crippen LogP contribution in [0.1, 0.15) is 52.5 Å². The van der Waals surface area contributed by atoms with Crippen molar-refractivity contribution in [2.75, 3.05) is 0 Å². The Morgan fingerprint density at radius 3 is 2.67 bits per heavy atom. The molecule has 1 aliphatic heterocycles. The minimum Gasteiger partial charge on any atom is -0.367 e. The summed E-state index contributed by atoms with van der Waals surface area (Å²) in [5.74, 6) is 0.965. The van der Waals surface area contributed by atoms with E-state index in [0.29, 0.717) is 6.10 Å². The van der Waals surface area contributed by atoms with Crippen LogP contribution in [0.25, 0.3) is 0 Å². The maximum atomic E-state index is 5.82. The quantitative estimate of drug-likeness (QED) is 0.712. The molecule has 2 rings (SSSR count). The third-order valence-corrected chi connectivity index (χ3v) is 2.82. The molecule has 2 atom stereocenters. The van der Waals surface area contributed by atoms with Crippen LogP contribution in [0.3, 0.4) is 0 Å². The van der Waals surface area contributed by atoms with E-state index in [2.05, 4.69) is 42.5 Å². The fourth-order valence-electron chi connectivity index (χ4n) is 1.97. The summed E-state index contributed by atoms with van der Waals surface area (Å²) in [6.07, 6.45) is 4.43. The van der Waals surface area contributed by atoms with Gasteiger partial charge < -0.3 is 9.30 Å². The highest BCUT2D eigenvalue weighted by Crippen LogP contribution is 2.32. The SMILES string of the molecule is CC1CCC(c2nncn2C(C)(C)C)O1. The van der Waals surface area contributed by atoms with Crippen molar-refractivity contribution in [1.82, 2.24) is 14.8 Å². The van der Waals surface area contributed by atoms with Crippen LogP contribution >= 0.6 is 0 Å². The fraction of sp³-hybridized carbons (Fsp3) is 0.818. The summed E-state index contributed by atoms with van der Waals surface area (Å²) in [6.45, 7) is 8.56. The summed E-state index contributed by atoms with van der Waals surface area (Å²) in [4.78, 5) is 0. The van der Waals surface area contributed by atoms with Crippen molar-refractivity contribution in [3.63, 3.8) is 0 Å². The normalized spacial score (nSPS) is 27.2. The highest BCUT2D eigenvalue weighted by molar-refractivity contribution is 4.98. The summed E-state index contributed by atoms with van der Waals surface area (Å²) >= 11 is 0. The summed E-state index contributed by atoms with van der Waals surface area (Å²) in [5.41, 5.74) is 0.0218. The van der Waals surface area contributed by atoms with E-state index in [1.54, 1.807) is 6.33 Å². The van der Waals surface area contributed by atoms with Crippen LogP contribution in [0.4, 0.5) is 0 Å². The average Bonchev–Trinajstić information content (AvgIpc) is 2.68. The summed E-state index contributed by atoms with van der Waals surface area (Å²) in [7, 11) is 0. The second-order valence-electron chi connectivity index (χ2n) is 5.24. The van der Waals surface area contributed by atoms with Gasteiger partial charge in [0.15, 0.2) is 5.82 Å². The Balaban J connectivity index is 2.25. The molecule has 0 radical (unpaired) electrons. The van der Waals surface area contributed by atoms with E-state index in [1.807, 2.05) is 0 Å².